The maximum Gasteiger partial charge on any atom is 0.421 e. The molecule has 0 bridgehead atoms. The Labute approximate surface area is 110 Å². The maximum atomic E-state index is 11.5. The van der Waals surface area contributed by atoms with Gasteiger partial charge in [0.25, 0.3) is 0 Å². The molecular formula is C11H24N2O4S. The molecule has 7 heteroatoms. The van der Waals surface area contributed by atoms with Gasteiger partial charge in [0, 0.05) is 6.54 Å². The lowest BCUT2D eigenvalue weighted by molar-refractivity contribution is 0.158. The molecule has 0 saturated carbocycles. The highest BCUT2D eigenvalue weighted by Gasteiger charge is 2.21. The Bertz CT molecular complexity index is 344. The predicted octanol–water partition coefficient (Wildman–Crippen LogP) is 1.50. The Morgan fingerprint density at radius 1 is 1.17 bits per heavy atom. The first-order valence-electron chi connectivity index (χ1n) is 6.13. The van der Waals surface area contributed by atoms with Gasteiger partial charge >= 0.3 is 16.3 Å². The molecule has 0 atom stereocenters. The van der Waals surface area contributed by atoms with Crippen molar-refractivity contribution in [2.24, 2.45) is 17.8 Å². The van der Waals surface area contributed by atoms with E-state index in [4.69, 9.17) is 0 Å². The molecule has 0 radical (unpaired) electrons. The van der Waals surface area contributed by atoms with Crippen molar-refractivity contribution >= 4 is 16.3 Å². The second-order valence-corrected chi connectivity index (χ2v) is 6.33. The highest BCUT2D eigenvalue weighted by molar-refractivity contribution is 7.88. The van der Waals surface area contributed by atoms with Gasteiger partial charge in [-0.3, -0.25) is 0 Å². The summed E-state index contributed by atoms with van der Waals surface area (Å²) in [6, 6.07) is 0. The zero-order valence-electron chi connectivity index (χ0n) is 11.7. The fraction of sp³-hybridized carbons (Fsp3) is 0.909. The molecule has 0 rings (SSSR count). The van der Waals surface area contributed by atoms with E-state index in [1.54, 1.807) is 11.6 Å². The molecule has 0 aromatic rings. The fourth-order valence-corrected chi connectivity index (χ4v) is 2.52. The molecule has 0 saturated heterocycles. The van der Waals surface area contributed by atoms with Gasteiger partial charge in [0.15, 0.2) is 0 Å². The number of hydrogen-bond donors (Lipinski definition) is 2. The number of carbonyl (C=O) groups excluding carboxylic acids is 1. The molecule has 0 heterocycles. The van der Waals surface area contributed by atoms with Crippen molar-refractivity contribution in [2.45, 2.75) is 34.6 Å². The number of nitrogens with one attached hydrogen (secondary N) is 2. The van der Waals surface area contributed by atoms with Crippen molar-refractivity contribution in [3.05, 3.63) is 0 Å². The predicted molar refractivity (Wildman–Crippen MR) is 70.2 cm³/mol. The third-order valence-corrected chi connectivity index (χ3v) is 3.70. The molecule has 108 valence electrons. The van der Waals surface area contributed by atoms with Crippen molar-refractivity contribution in [1.82, 2.24) is 9.44 Å². The van der Waals surface area contributed by atoms with Crippen LogP contribution in [-0.2, 0) is 14.9 Å². The quantitative estimate of drug-likeness (QED) is 0.740. The lowest BCUT2D eigenvalue weighted by atomic mass is 9.86. The van der Waals surface area contributed by atoms with Gasteiger partial charge in [-0.2, -0.15) is 13.1 Å². The van der Waals surface area contributed by atoms with E-state index in [0.717, 1.165) is 0 Å². The van der Waals surface area contributed by atoms with Crippen LogP contribution in [0.15, 0.2) is 0 Å². The summed E-state index contributed by atoms with van der Waals surface area (Å²) in [5.41, 5.74) is 0. The Hall–Kier alpha value is -0.820. The minimum absolute atomic E-state index is 0.127. The summed E-state index contributed by atoms with van der Waals surface area (Å²) in [6.07, 6.45) is -0.962. The Morgan fingerprint density at radius 3 is 2.06 bits per heavy atom. The smallest absolute Gasteiger partial charge is 0.421 e. The third-order valence-electron chi connectivity index (χ3n) is 2.71. The monoisotopic (exact) mass is 280 g/mol. The van der Waals surface area contributed by atoms with E-state index in [-0.39, 0.29) is 12.5 Å². The largest absolute Gasteiger partial charge is 0.449 e. The highest BCUT2D eigenvalue weighted by Crippen LogP contribution is 2.19. The summed E-state index contributed by atoms with van der Waals surface area (Å²) >= 11 is 0. The minimum Gasteiger partial charge on any atom is -0.449 e. The van der Waals surface area contributed by atoms with Crippen LogP contribution < -0.4 is 9.44 Å². The van der Waals surface area contributed by atoms with Crippen LogP contribution in [-0.4, -0.2) is 27.7 Å². The summed E-state index contributed by atoms with van der Waals surface area (Å²) in [5.74, 6) is 0.925. The molecule has 0 unspecified atom stereocenters. The van der Waals surface area contributed by atoms with Crippen LogP contribution in [0.1, 0.15) is 34.6 Å². The maximum absolute atomic E-state index is 11.5. The zero-order chi connectivity index (χ0) is 14.3. The van der Waals surface area contributed by atoms with Crippen molar-refractivity contribution < 1.29 is 17.9 Å². The van der Waals surface area contributed by atoms with Gasteiger partial charge < -0.3 is 4.74 Å². The number of rotatable bonds is 7. The summed E-state index contributed by atoms with van der Waals surface area (Å²) in [7, 11) is -3.84. The summed E-state index contributed by atoms with van der Waals surface area (Å²) < 4.78 is 31.8. The topological polar surface area (TPSA) is 84.5 Å². The number of carbonyl (C=O) groups is 1. The van der Waals surface area contributed by atoms with Crippen molar-refractivity contribution in [1.29, 1.82) is 0 Å². The lowest BCUT2D eigenvalue weighted by Crippen LogP contribution is -2.43. The molecule has 0 aliphatic carbocycles. The normalized spacial score (nSPS) is 12.2. The second-order valence-electron chi connectivity index (χ2n) is 4.83. The molecular weight excluding hydrogens is 256 g/mol. The van der Waals surface area contributed by atoms with Crippen LogP contribution in [0.2, 0.25) is 0 Å². The summed E-state index contributed by atoms with van der Waals surface area (Å²) in [4.78, 5) is 11.0. The van der Waals surface area contributed by atoms with E-state index in [0.29, 0.717) is 18.4 Å². The van der Waals surface area contributed by atoms with Gasteiger partial charge in [-0.15, -0.1) is 0 Å². The van der Waals surface area contributed by atoms with Crippen molar-refractivity contribution in [3.8, 4) is 0 Å². The van der Waals surface area contributed by atoms with Crippen LogP contribution in [0.3, 0.4) is 0 Å². The van der Waals surface area contributed by atoms with Crippen molar-refractivity contribution in [3.63, 3.8) is 0 Å². The van der Waals surface area contributed by atoms with E-state index < -0.39 is 16.3 Å². The minimum atomic E-state index is -3.84. The second kappa shape index (κ2) is 7.58. The molecule has 18 heavy (non-hydrogen) atoms. The first kappa shape index (κ1) is 17.2. The SMILES string of the molecule is CCOC(=O)NS(=O)(=O)NCC(C(C)C)C(C)C. The summed E-state index contributed by atoms with van der Waals surface area (Å²) in [6.45, 7) is 10.2. The highest BCUT2D eigenvalue weighted by atomic mass is 32.2. The summed E-state index contributed by atoms with van der Waals surface area (Å²) in [5, 5.41) is 0. The first-order chi connectivity index (χ1) is 8.19. The van der Waals surface area contributed by atoms with Gasteiger partial charge in [-0.25, -0.2) is 9.52 Å². The number of amides is 1. The molecule has 6 nitrogen and oxygen atoms in total. The average Bonchev–Trinajstić information content (AvgIpc) is 2.15. The lowest BCUT2D eigenvalue weighted by Gasteiger charge is -2.24. The van der Waals surface area contributed by atoms with Gasteiger partial charge in [-0.05, 0) is 24.7 Å². The third kappa shape index (κ3) is 6.80. The van der Waals surface area contributed by atoms with Crippen LogP contribution in [0, 0.1) is 17.8 Å². The zero-order valence-corrected chi connectivity index (χ0v) is 12.5. The number of hydrogen-bond acceptors (Lipinski definition) is 4. The van der Waals surface area contributed by atoms with Crippen LogP contribution >= 0.6 is 0 Å². The van der Waals surface area contributed by atoms with Gasteiger partial charge in [0.2, 0.25) is 0 Å². The molecule has 0 spiro atoms. The molecule has 1 amide bonds. The number of ether oxygens (including phenoxy) is 1. The van der Waals surface area contributed by atoms with Gasteiger partial charge in [0.05, 0.1) is 6.61 Å². The Morgan fingerprint density at radius 2 is 1.67 bits per heavy atom. The van der Waals surface area contributed by atoms with Crippen LogP contribution in [0.5, 0.6) is 0 Å². The van der Waals surface area contributed by atoms with Gasteiger partial charge in [0.1, 0.15) is 0 Å². The van der Waals surface area contributed by atoms with E-state index in [1.165, 1.54) is 0 Å². The standard InChI is InChI=1S/C11H24N2O4S/c1-6-17-11(14)13-18(15,16)12-7-10(8(2)3)9(4)5/h8-10,12H,6-7H2,1-5H3,(H,13,14). The van der Waals surface area contributed by atoms with E-state index >= 15 is 0 Å². The fourth-order valence-electron chi connectivity index (χ4n) is 1.75. The van der Waals surface area contributed by atoms with E-state index in [9.17, 15) is 13.2 Å². The van der Waals surface area contributed by atoms with Gasteiger partial charge in [-0.1, -0.05) is 27.7 Å². The molecule has 0 fully saturated rings. The average molecular weight is 280 g/mol. The van der Waals surface area contributed by atoms with E-state index in [2.05, 4.69) is 9.46 Å². The van der Waals surface area contributed by atoms with E-state index in [1.807, 2.05) is 27.7 Å². The van der Waals surface area contributed by atoms with Crippen LogP contribution in [0.4, 0.5) is 4.79 Å². The molecule has 0 aliphatic heterocycles. The van der Waals surface area contributed by atoms with Crippen LogP contribution in [0.25, 0.3) is 0 Å². The molecule has 0 aromatic carbocycles. The Kier molecular flexibility index (Phi) is 7.23. The Balaban J connectivity index is 4.37. The van der Waals surface area contributed by atoms with Crippen molar-refractivity contribution in [2.75, 3.05) is 13.2 Å². The molecule has 0 aromatic heterocycles. The molecule has 0 aliphatic rings. The first-order valence-corrected chi connectivity index (χ1v) is 7.62. The molecule has 2 N–H and O–H groups in total.